The second kappa shape index (κ2) is 8.97. The van der Waals surface area contributed by atoms with E-state index in [4.69, 9.17) is 4.74 Å². The average molecular weight is 387 g/mol. The highest BCUT2D eigenvalue weighted by Crippen LogP contribution is 2.35. The van der Waals surface area contributed by atoms with Crippen molar-refractivity contribution < 1.29 is 14.3 Å². The standard InChI is InChI=1S/C23H34N2O3/c1-23(2,3)28-22(27)25-14-6-7-17(16-25)12-13-24-21(26)15-19-11-10-18-8-4-5-9-20(18)19/h4-5,8-9,17,19H,6-7,10-16H2,1-3H3,(H,24,26). The van der Waals surface area contributed by atoms with Gasteiger partial charge in [0.2, 0.25) is 5.91 Å². The van der Waals surface area contributed by atoms with Crippen molar-refractivity contribution in [1.29, 1.82) is 0 Å². The molecule has 1 N–H and O–H groups in total. The van der Waals surface area contributed by atoms with Gasteiger partial charge in [-0.1, -0.05) is 24.3 Å². The molecule has 3 rings (SSSR count). The number of hydrogen-bond donors (Lipinski definition) is 1. The predicted octanol–water partition coefficient (Wildman–Crippen LogP) is 4.26. The second-order valence-electron chi connectivity index (χ2n) is 9.21. The highest BCUT2D eigenvalue weighted by atomic mass is 16.6. The molecule has 1 aliphatic carbocycles. The van der Waals surface area contributed by atoms with Gasteiger partial charge in [0, 0.05) is 26.1 Å². The Labute approximate surface area is 168 Å². The molecule has 2 unspecified atom stereocenters. The largest absolute Gasteiger partial charge is 0.444 e. The number of hydrogen-bond acceptors (Lipinski definition) is 3. The van der Waals surface area contributed by atoms with Crippen LogP contribution in [0.4, 0.5) is 4.79 Å². The van der Waals surface area contributed by atoms with E-state index in [1.54, 1.807) is 0 Å². The van der Waals surface area contributed by atoms with Gasteiger partial charge < -0.3 is 15.0 Å². The Bertz CT molecular complexity index is 695. The van der Waals surface area contributed by atoms with Gasteiger partial charge in [0.15, 0.2) is 0 Å². The zero-order valence-corrected chi connectivity index (χ0v) is 17.5. The molecule has 0 spiro atoms. The molecule has 2 amide bonds. The highest BCUT2D eigenvalue weighted by molar-refractivity contribution is 5.77. The molecular weight excluding hydrogens is 352 g/mol. The number of carbonyl (C=O) groups excluding carboxylic acids is 2. The number of fused-ring (bicyclic) bond motifs is 1. The minimum atomic E-state index is -0.461. The van der Waals surface area contributed by atoms with E-state index in [2.05, 4.69) is 29.6 Å². The first kappa shape index (κ1) is 20.7. The van der Waals surface area contributed by atoms with E-state index in [0.717, 1.165) is 45.2 Å². The minimum Gasteiger partial charge on any atom is -0.444 e. The summed E-state index contributed by atoms with van der Waals surface area (Å²) in [7, 11) is 0. The zero-order valence-electron chi connectivity index (χ0n) is 17.5. The summed E-state index contributed by atoms with van der Waals surface area (Å²) in [6.45, 7) is 7.85. The lowest BCUT2D eigenvalue weighted by Gasteiger charge is -2.34. The summed E-state index contributed by atoms with van der Waals surface area (Å²) >= 11 is 0. The van der Waals surface area contributed by atoms with E-state index in [9.17, 15) is 9.59 Å². The van der Waals surface area contributed by atoms with Crippen molar-refractivity contribution in [3.63, 3.8) is 0 Å². The van der Waals surface area contributed by atoms with Crippen LogP contribution in [-0.2, 0) is 16.0 Å². The first-order valence-corrected chi connectivity index (χ1v) is 10.6. The quantitative estimate of drug-likeness (QED) is 0.822. The molecular formula is C23H34N2O3. The van der Waals surface area contributed by atoms with Crippen LogP contribution in [-0.4, -0.2) is 42.1 Å². The molecule has 0 bridgehead atoms. The Hall–Kier alpha value is -2.04. The van der Waals surface area contributed by atoms with E-state index >= 15 is 0 Å². The second-order valence-corrected chi connectivity index (χ2v) is 9.21. The lowest BCUT2D eigenvalue weighted by molar-refractivity contribution is -0.121. The fraction of sp³-hybridized carbons (Fsp3) is 0.652. The molecule has 1 aromatic carbocycles. The van der Waals surface area contributed by atoms with Crippen LogP contribution in [0.2, 0.25) is 0 Å². The van der Waals surface area contributed by atoms with Crippen LogP contribution in [0.5, 0.6) is 0 Å². The first-order chi connectivity index (χ1) is 13.3. The van der Waals surface area contributed by atoms with Crippen molar-refractivity contribution in [3.05, 3.63) is 35.4 Å². The predicted molar refractivity (Wildman–Crippen MR) is 110 cm³/mol. The number of rotatable bonds is 5. The Kier molecular flexibility index (Phi) is 6.63. The van der Waals surface area contributed by atoms with Crippen LogP contribution >= 0.6 is 0 Å². The van der Waals surface area contributed by atoms with Crippen LogP contribution in [0.1, 0.15) is 69.9 Å². The summed E-state index contributed by atoms with van der Waals surface area (Å²) in [5.74, 6) is 0.920. The van der Waals surface area contributed by atoms with E-state index in [-0.39, 0.29) is 12.0 Å². The van der Waals surface area contributed by atoms with Gasteiger partial charge in [0.1, 0.15) is 5.60 Å². The van der Waals surface area contributed by atoms with Crippen molar-refractivity contribution in [2.75, 3.05) is 19.6 Å². The summed E-state index contributed by atoms with van der Waals surface area (Å²) in [5.41, 5.74) is 2.28. The van der Waals surface area contributed by atoms with Crippen LogP contribution in [0.15, 0.2) is 24.3 Å². The summed E-state index contributed by atoms with van der Waals surface area (Å²) in [6, 6.07) is 8.47. The number of amides is 2. The molecule has 154 valence electrons. The lowest BCUT2D eigenvalue weighted by atomic mass is 9.94. The molecule has 1 fully saturated rings. The first-order valence-electron chi connectivity index (χ1n) is 10.6. The Morgan fingerprint density at radius 2 is 2.00 bits per heavy atom. The number of aryl methyl sites for hydroxylation is 1. The van der Waals surface area contributed by atoms with Gasteiger partial charge in [-0.2, -0.15) is 0 Å². The van der Waals surface area contributed by atoms with Gasteiger partial charge in [-0.15, -0.1) is 0 Å². The normalized spacial score (nSPS) is 21.9. The van der Waals surface area contributed by atoms with E-state index in [0.29, 0.717) is 24.8 Å². The van der Waals surface area contributed by atoms with Gasteiger partial charge in [0.05, 0.1) is 0 Å². The number of piperidine rings is 1. The summed E-state index contributed by atoms with van der Waals surface area (Å²) in [4.78, 5) is 26.5. The molecule has 1 aromatic rings. The van der Waals surface area contributed by atoms with Crippen molar-refractivity contribution in [2.24, 2.45) is 5.92 Å². The van der Waals surface area contributed by atoms with Gasteiger partial charge in [0.25, 0.3) is 0 Å². The van der Waals surface area contributed by atoms with E-state index in [1.807, 2.05) is 25.7 Å². The maximum atomic E-state index is 12.4. The van der Waals surface area contributed by atoms with E-state index < -0.39 is 5.60 Å². The van der Waals surface area contributed by atoms with Crippen LogP contribution in [0.3, 0.4) is 0 Å². The summed E-state index contributed by atoms with van der Waals surface area (Å²) in [6.07, 6.45) is 5.51. The van der Waals surface area contributed by atoms with Crippen molar-refractivity contribution in [1.82, 2.24) is 10.2 Å². The maximum absolute atomic E-state index is 12.4. The number of likely N-dealkylation sites (tertiary alicyclic amines) is 1. The molecule has 0 aromatic heterocycles. The monoisotopic (exact) mass is 386 g/mol. The number of ether oxygens (including phenoxy) is 1. The SMILES string of the molecule is CC(C)(C)OC(=O)N1CCCC(CCNC(=O)CC2CCc3ccccc32)C1. The number of carbonyl (C=O) groups is 2. The number of benzene rings is 1. The molecule has 5 nitrogen and oxygen atoms in total. The third-order valence-corrected chi connectivity index (χ3v) is 5.73. The molecule has 0 radical (unpaired) electrons. The molecule has 28 heavy (non-hydrogen) atoms. The Morgan fingerprint density at radius 3 is 2.79 bits per heavy atom. The highest BCUT2D eigenvalue weighted by Gasteiger charge is 2.28. The van der Waals surface area contributed by atoms with Gasteiger partial charge >= 0.3 is 6.09 Å². The number of nitrogens with one attached hydrogen (secondary N) is 1. The summed E-state index contributed by atoms with van der Waals surface area (Å²) < 4.78 is 5.49. The van der Waals surface area contributed by atoms with Gasteiger partial charge in [-0.3, -0.25) is 4.79 Å². The number of nitrogens with zero attached hydrogens (tertiary/aromatic N) is 1. The van der Waals surface area contributed by atoms with Crippen LogP contribution in [0, 0.1) is 5.92 Å². The van der Waals surface area contributed by atoms with Crippen molar-refractivity contribution in [3.8, 4) is 0 Å². The van der Waals surface area contributed by atoms with Gasteiger partial charge in [-0.05, 0) is 75.8 Å². The fourth-order valence-corrected chi connectivity index (χ4v) is 4.36. The Morgan fingerprint density at radius 1 is 1.21 bits per heavy atom. The van der Waals surface area contributed by atoms with Crippen LogP contribution in [0.25, 0.3) is 0 Å². The third-order valence-electron chi connectivity index (χ3n) is 5.73. The molecule has 1 aliphatic heterocycles. The minimum absolute atomic E-state index is 0.140. The third kappa shape index (κ3) is 5.73. The molecule has 2 atom stereocenters. The van der Waals surface area contributed by atoms with Crippen molar-refractivity contribution in [2.45, 2.75) is 70.8 Å². The fourth-order valence-electron chi connectivity index (χ4n) is 4.36. The smallest absolute Gasteiger partial charge is 0.410 e. The van der Waals surface area contributed by atoms with E-state index in [1.165, 1.54) is 11.1 Å². The average Bonchev–Trinajstić information content (AvgIpc) is 3.04. The molecule has 5 heteroatoms. The molecule has 0 saturated carbocycles. The Balaban J connectivity index is 1.39. The van der Waals surface area contributed by atoms with Crippen molar-refractivity contribution >= 4 is 12.0 Å². The maximum Gasteiger partial charge on any atom is 0.410 e. The summed E-state index contributed by atoms with van der Waals surface area (Å²) in [5, 5.41) is 3.10. The lowest BCUT2D eigenvalue weighted by Crippen LogP contribution is -2.43. The molecule has 1 heterocycles. The van der Waals surface area contributed by atoms with Crippen LogP contribution < -0.4 is 5.32 Å². The topological polar surface area (TPSA) is 58.6 Å². The molecule has 1 saturated heterocycles. The molecule has 2 aliphatic rings. The zero-order chi connectivity index (χ0) is 20.1. The van der Waals surface area contributed by atoms with Gasteiger partial charge in [-0.25, -0.2) is 4.79 Å².